The van der Waals surface area contributed by atoms with Crippen LogP contribution in [0, 0.1) is 0 Å². The maximum absolute atomic E-state index is 11.9. The minimum atomic E-state index is 0.0292. The van der Waals surface area contributed by atoms with E-state index in [0.717, 1.165) is 31.9 Å². The summed E-state index contributed by atoms with van der Waals surface area (Å²) in [4.78, 5) is 18.4. The van der Waals surface area contributed by atoms with Crippen LogP contribution in [0.5, 0.6) is 0 Å². The van der Waals surface area contributed by atoms with Crippen LogP contribution in [0.4, 0.5) is 5.13 Å². The third kappa shape index (κ3) is 3.76. The molecule has 0 saturated carbocycles. The number of anilines is 1. The Morgan fingerprint density at radius 3 is 2.89 bits per heavy atom. The molecule has 6 heteroatoms. The second-order valence-electron chi connectivity index (χ2n) is 4.81. The molecule has 2 rings (SSSR count). The van der Waals surface area contributed by atoms with Crippen molar-refractivity contribution in [1.82, 2.24) is 15.2 Å². The van der Waals surface area contributed by atoms with Gasteiger partial charge in [-0.3, -0.25) is 9.69 Å². The molecular weight excluding hydrogens is 248 g/mol. The standard InChI is InChI=1S/C12H20N4OS/c1-9(2)10-8-18-12(14-10)15-11(17)7-16-5-3-13-4-6-16/h8-9,13H,3-7H2,1-2H3,(H,14,15,17). The van der Waals surface area contributed by atoms with Crippen LogP contribution in [0.25, 0.3) is 0 Å². The van der Waals surface area contributed by atoms with Gasteiger partial charge in [0, 0.05) is 31.6 Å². The van der Waals surface area contributed by atoms with Crippen LogP contribution in [0.15, 0.2) is 5.38 Å². The van der Waals surface area contributed by atoms with E-state index in [1.54, 1.807) is 0 Å². The summed E-state index contributed by atoms with van der Waals surface area (Å²) >= 11 is 1.49. The van der Waals surface area contributed by atoms with Crippen molar-refractivity contribution >= 4 is 22.4 Å². The van der Waals surface area contributed by atoms with E-state index in [2.05, 4.69) is 34.4 Å². The Balaban J connectivity index is 1.82. The Kier molecular flexibility index (Phi) is 4.68. The first-order valence-corrected chi connectivity index (χ1v) is 7.21. The maximum Gasteiger partial charge on any atom is 0.240 e. The third-order valence-corrected chi connectivity index (χ3v) is 3.71. The van der Waals surface area contributed by atoms with Crippen molar-refractivity contribution < 1.29 is 4.79 Å². The smallest absolute Gasteiger partial charge is 0.240 e. The van der Waals surface area contributed by atoms with E-state index < -0.39 is 0 Å². The molecule has 0 unspecified atom stereocenters. The van der Waals surface area contributed by atoms with Gasteiger partial charge < -0.3 is 10.6 Å². The maximum atomic E-state index is 11.9. The van der Waals surface area contributed by atoms with E-state index >= 15 is 0 Å². The topological polar surface area (TPSA) is 57.3 Å². The molecule has 18 heavy (non-hydrogen) atoms. The number of carbonyl (C=O) groups is 1. The van der Waals surface area contributed by atoms with Crippen molar-refractivity contribution in [2.75, 3.05) is 38.0 Å². The number of hydrogen-bond donors (Lipinski definition) is 2. The zero-order valence-electron chi connectivity index (χ0n) is 10.9. The number of aromatic nitrogens is 1. The second kappa shape index (κ2) is 6.26. The molecule has 0 bridgehead atoms. The number of amides is 1. The van der Waals surface area contributed by atoms with E-state index in [4.69, 9.17) is 0 Å². The number of nitrogens with zero attached hydrogens (tertiary/aromatic N) is 2. The van der Waals surface area contributed by atoms with Gasteiger partial charge in [-0.1, -0.05) is 13.8 Å². The first-order valence-electron chi connectivity index (χ1n) is 6.33. The van der Waals surface area contributed by atoms with Crippen LogP contribution < -0.4 is 10.6 Å². The van der Waals surface area contributed by atoms with E-state index in [-0.39, 0.29) is 5.91 Å². The average molecular weight is 268 g/mol. The Hall–Kier alpha value is -0.980. The Labute approximate surface area is 112 Å². The van der Waals surface area contributed by atoms with Crippen molar-refractivity contribution in [2.45, 2.75) is 19.8 Å². The average Bonchev–Trinajstić information content (AvgIpc) is 2.78. The Morgan fingerprint density at radius 2 is 2.28 bits per heavy atom. The zero-order chi connectivity index (χ0) is 13.0. The fourth-order valence-corrected chi connectivity index (χ4v) is 2.73. The molecule has 1 aromatic heterocycles. The van der Waals surface area contributed by atoms with Crippen molar-refractivity contribution in [3.05, 3.63) is 11.1 Å². The largest absolute Gasteiger partial charge is 0.314 e. The Morgan fingerprint density at radius 1 is 1.56 bits per heavy atom. The molecule has 2 N–H and O–H groups in total. The van der Waals surface area contributed by atoms with Gasteiger partial charge >= 0.3 is 0 Å². The van der Waals surface area contributed by atoms with Crippen LogP contribution in [-0.4, -0.2) is 48.5 Å². The van der Waals surface area contributed by atoms with Crippen molar-refractivity contribution in [3.8, 4) is 0 Å². The van der Waals surface area contributed by atoms with Gasteiger partial charge in [0.1, 0.15) is 0 Å². The van der Waals surface area contributed by atoms with E-state index in [0.29, 0.717) is 17.6 Å². The summed E-state index contributed by atoms with van der Waals surface area (Å²) in [5.41, 5.74) is 1.04. The third-order valence-electron chi connectivity index (χ3n) is 2.94. The summed E-state index contributed by atoms with van der Waals surface area (Å²) < 4.78 is 0. The number of thiazole rings is 1. The highest BCUT2D eigenvalue weighted by atomic mass is 32.1. The van der Waals surface area contributed by atoms with Gasteiger partial charge in [-0.05, 0) is 5.92 Å². The summed E-state index contributed by atoms with van der Waals surface area (Å²) in [6.07, 6.45) is 0. The lowest BCUT2D eigenvalue weighted by atomic mass is 10.2. The van der Waals surface area contributed by atoms with Gasteiger partial charge in [-0.25, -0.2) is 4.98 Å². The molecule has 1 fully saturated rings. The van der Waals surface area contributed by atoms with Crippen LogP contribution in [0.3, 0.4) is 0 Å². The van der Waals surface area contributed by atoms with E-state index in [1.165, 1.54) is 11.3 Å². The zero-order valence-corrected chi connectivity index (χ0v) is 11.7. The van der Waals surface area contributed by atoms with Crippen LogP contribution in [0.1, 0.15) is 25.5 Å². The van der Waals surface area contributed by atoms with Gasteiger partial charge in [-0.15, -0.1) is 11.3 Å². The summed E-state index contributed by atoms with van der Waals surface area (Å²) in [7, 11) is 0. The van der Waals surface area contributed by atoms with Crippen molar-refractivity contribution in [1.29, 1.82) is 0 Å². The Bertz CT molecular complexity index is 399. The molecule has 0 aromatic carbocycles. The summed E-state index contributed by atoms with van der Waals surface area (Å²) in [5, 5.41) is 8.85. The molecule has 1 saturated heterocycles. The lowest BCUT2D eigenvalue weighted by molar-refractivity contribution is -0.117. The molecule has 0 radical (unpaired) electrons. The number of piperazine rings is 1. The summed E-state index contributed by atoms with van der Waals surface area (Å²) in [6.45, 7) is 8.44. The van der Waals surface area contributed by atoms with E-state index in [1.807, 2.05) is 5.38 Å². The number of hydrogen-bond acceptors (Lipinski definition) is 5. The predicted octanol–water partition coefficient (Wildman–Crippen LogP) is 1.11. The second-order valence-corrected chi connectivity index (χ2v) is 5.66. The van der Waals surface area contributed by atoms with Crippen molar-refractivity contribution in [3.63, 3.8) is 0 Å². The highest BCUT2D eigenvalue weighted by Gasteiger charge is 2.14. The molecule has 100 valence electrons. The first-order chi connectivity index (χ1) is 8.65. The summed E-state index contributed by atoms with van der Waals surface area (Å²) in [5.74, 6) is 0.432. The molecule has 2 heterocycles. The molecule has 1 aliphatic rings. The van der Waals surface area contributed by atoms with Gasteiger partial charge in [-0.2, -0.15) is 0 Å². The van der Waals surface area contributed by atoms with Gasteiger partial charge in [0.25, 0.3) is 0 Å². The van der Waals surface area contributed by atoms with Gasteiger partial charge in [0.2, 0.25) is 5.91 Å². The van der Waals surface area contributed by atoms with Crippen molar-refractivity contribution in [2.24, 2.45) is 0 Å². The minimum Gasteiger partial charge on any atom is -0.314 e. The molecule has 5 nitrogen and oxygen atoms in total. The molecule has 0 spiro atoms. The fourth-order valence-electron chi connectivity index (χ4n) is 1.84. The number of rotatable bonds is 4. The predicted molar refractivity (Wildman–Crippen MR) is 74.1 cm³/mol. The van der Waals surface area contributed by atoms with Gasteiger partial charge in [0.15, 0.2) is 5.13 Å². The molecule has 0 aliphatic carbocycles. The lowest BCUT2D eigenvalue weighted by Crippen LogP contribution is -2.46. The van der Waals surface area contributed by atoms with Gasteiger partial charge in [0.05, 0.1) is 12.2 Å². The minimum absolute atomic E-state index is 0.0292. The highest BCUT2D eigenvalue weighted by Crippen LogP contribution is 2.21. The summed E-state index contributed by atoms with van der Waals surface area (Å²) in [6, 6.07) is 0. The number of nitrogens with one attached hydrogen (secondary N) is 2. The molecular formula is C12H20N4OS. The quantitative estimate of drug-likeness (QED) is 0.859. The van der Waals surface area contributed by atoms with Crippen LogP contribution >= 0.6 is 11.3 Å². The SMILES string of the molecule is CC(C)c1csc(NC(=O)CN2CCNCC2)n1. The normalized spacial score (nSPS) is 17.1. The molecule has 1 aromatic rings. The monoisotopic (exact) mass is 268 g/mol. The molecule has 1 aliphatic heterocycles. The fraction of sp³-hybridized carbons (Fsp3) is 0.667. The lowest BCUT2D eigenvalue weighted by Gasteiger charge is -2.26. The highest BCUT2D eigenvalue weighted by molar-refractivity contribution is 7.13. The van der Waals surface area contributed by atoms with Crippen LogP contribution in [0.2, 0.25) is 0 Å². The van der Waals surface area contributed by atoms with Crippen LogP contribution in [-0.2, 0) is 4.79 Å². The molecule has 1 amide bonds. The van der Waals surface area contributed by atoms with E-state index in [9.17, 15) is 4.79 Å². The molecule has 0 atom stereocenters. The first kappa shape index (κ1) is 13.5. The number of carbonyl (C=O) groups excluding carboxylic acids is 1.